The van der Waals surface area contributed by atoms with Gasteiger partial charge in [-0.25, -0.2) is 0 Å². The van der Waals surface area contributed by atoms with E-state index in [4.69, 9.17) is 10.8 Å². The van der Waals surface area contributed by atoms with Gasteiger partial charge in [-0.1, -0.05) is 0 Å². The molecule has 0 amide bonds. The maximum absolute atomic E-state index is 10.5. The van der Waals surface area contributed by atoms with Crippen LogP contribution in [-0.2, 0) is 4.79 Å². The Morgan fingerprint density at radius 2 is 2.27 bits per heavy atom. The van der Waals surface area contributed by atoms with Crippen molar-refractivity contribution in [1.82, 2.24) is 4.57 Å². The van der Waals surface area contributed by atoms with Gasteiger partial charge < -0.3 is 15.4 Å². The molecular formula is C10H15BrN2O2. The number of carboxylic acid groups (broad SMARTS) is 1. The maximum atomic E-state index is 10.5. The van der Waals surface area contributed by atoms with Crippen LogP contribution in [0.4, 0.5) is 0 Å². The predicted molar refractivity (Wildman–Crippen MR) is 61.7 cm³/mol. The smallest absolute Gasteiger partial charge is 0.305 e. The lowest BCUT2D eigenvalue weighted by molar-refractivity contribution is -0.137. The molecule has 0 bridgehead atoms. The Morgan fingerprint density at radius 3 is 2.67 bits per heavy atom. The van der Waals surface area contributed by atoms with E-state index in [1.807, 2.05) is 16.8 Å². The van der Waals surface area contributed by atoms with Gasteiger partial charge in [-0.05, 0) is 41.4 Å². The van der Waals surface area contributed by atoms with Gasteiger partial charge in [-0.3, -0.25) is 4.79 Å². The summed E-state index contributed by atoms with van der Waals surface area (Å²) in [5.74, 6) is -0.879. The zero-order valence-electron chi connectivity index (χ0n) is 8.77. The lowest BCUT2D eigenvalue weighted by Gasteiger charge is -2.09. The van der Waals surface area contributed by atoms with Crippen molar-refractivity contribution in [2.45, 2.75) is 32.4 Å². The van der Waals surface area contributed by atoms with Crippen molar-refractivity contribution in [3.63, 3.8) is 0 Å². The van der Waals surface area contributed by atoms with Crippen molar-refractivity contribution < 1.29 is 9.90 Å². The van der Waals surface area contributed by atoms with Gasteiger partial charge in [0.25, 0.3) is 0 Å². The zero-order chi connectivity index (χ0) is 11.6. The molecule has 0 fully saturated rings. The van der Waals surface area contributed by atoms with Gasteiger partial charge in [0.2, 0.25) is 0 Å². The Hall–Kier alpha value is -0.810. The molecule has 1 heterocycles. The number of hydrogen-bond donors (Lipinski definition) is 2. The predicted octanol–water partition coefficient (Wildman–Crippen LogP) is 2.31. The maximum Gasteiger partial charge on any atom is 0.305 e. The Labute approximate surface area is 97.2 Å². The van der Waals surface area contributed by atoms with Gasteiger partial charge in [-0.2, -0.15) is 0 Å². The van der Waals surface area contributed by atoms with Crippen molar-refractivity contribution >= 4 is 21.9 Å². The third kappa shape index (κ3) is 3.07. The number of aromatic nitrogens is 1. The van der Waals surface area contributed by atoms with Crippen LogP contribution in [0.15, 0.2) is 16.9 Å². The van der Waals surface area contributed by atoms with Crippen LogP contribution in [0.3, 0.4) is 0 Å². The van der Waals surface area contributed by atoms with E-state index >= 15 is 0 Å². The molecule has 0 aliphatic rings. The standard InChI is InChI=1S/C10H15BrN2O2/c1-6(2)13-5-7(3-9(13)11)8(12)4-10(14)15/h3,5-6,8H,4,12H2,1-2H3,(H,14,15). The minimum absolute atomic E-state index is 0.0471. The number of carboxylic acids is 1. The molecule has 1 aromatic heterocycles. The Kier molecular flexibility index (Phi) is 3.93. The first-order valence-electron chi connectivity index (χ1n) is 4.76. The third-order valence-corrected chi connectivity index (χ3v) is 2.84. The molecule has 4 nitrogen and oxygen atoms in total. The van der Waals surface area contributed by atoms with Crippen molar-refractivity contribution in [3.8, 4) is 0 Å². The Bertz CT molecular complexity index is 360. The molecule has 5 heteroatoms. The molecule has 0 aliphatic heterocycles. The highest BCUT2D eigenvalue weighted by atomic mass is 79.9. The molecule has 15 heavy (non-hydrogen) atoms. The first kappa shape index (κ1) is 12.3. The van der Waals surface area contributed by atoms with Crippen molar-refractivity contribution in [1.29, 1.82) is 0 Å². The largest absolute Gasteiger partial charge is 0.481 e. The van der Waals surface area contributed by atoms with E-state index in [1.54, 1.807) is 0 Å². The van der Waals surface area contributed by atoms with Gasteiger partial charge in [-0.15, -0.1) is 0 Å². The number of hydrogen-bond acceptors (Lipinski definition) is 2. The van der Waals surface area contributed by atoms with Crippen LogP contribution in [-0.4, -0.2) is 15.6 Å². The summed E-state index contributed by atoms with van der Waals surface area (Å²) in [6.45, 7) is 4.11. The van der Waals surface area contributed by atoms with Crippen molar-refractivity contribution in [3.05, 3.63) is 22.4 Å². The number of carbonyl (C=O) groups is 1. The second kappa shape index (κ2) is 4.81. The molecule has 3 N–H and O–H groups in total. The molecule has 0 aliphatic carbocycles. The second-order valence-electron chi connectivity index (χ2n) is 3.80. The molecule has 0 saturated carbocycles. The summed E-state index contributed by atoms with van der Waals surface area (Å²) in [4.78, 5) is 10.5. The average Bonchev–Trinajstić information content (AvgIpc) is 2.46. The van der Waals surface area contributed by atoms with Crippen LogP contribution in [0.5, 0.6) is 0 Å². The van der Waals surface area contributed by atoms with Crippen LogP contribution < -0.4 is 5.73 Å². The highest BCUT2D eigenvalue weighted by Gasteiger charge is 2.14. The van der Waals surface area contributed by atoms with E-state index in [1.165, 1.54) is 0 Å². The fourth-order valence-electron chi connectivity index (χ4n) is 1.38. The van der Waals surface area contributed by atoms with E-state index in [0.29, 0.717) is 6.04 Å². The van der Waals surface area contributed by atoms with Crippen LogP contribution in [0.2, 0.25) is 0 Å². The fraction of sp³-hybridized carbons (Fsp3) is 0.500. The Morgan fingerprint density at radius 1 is 1.67 bits per heavy atom. The minimum atomic E-state index is -0.879. The number of halogens is 1. The average molecular weight is 275 g/mol. The number of aliphatic carboxylic acids is 1. The van der Waals surface area contributed by atoms with Crippen LogP contribution in [0, 0.1) is 0 Å². The molecular weight excluding hydrogens is 260 g/mol. The molecule has 84 valence electrons. The summed E-state index contributed by atoms with van der Waals surface area (Å²) in [5.41, 5.74) is 6.61. The molecule has 1 aromatic rings. The normalized spacial score (nSPS) is 13.1. The molecule has 0 aromatic carbocycles. The number of nitrogens with zero attached hydrogens (tertiary/aromatic N) is 1. The first-order valence-corrected chi connectivity index (χ1v) is 5.55. The van der Waals surface area contributed by atoms with Crippen molar-refractivity contribution in [2.75, 3.05) is 0 Å². The van der Waals surface area contributed by atoms with E-state index in [2.05, 4.69) is 29.8 Å². The van der Waals surface area contributed by atoms with E-state index in [9.17, 15) is 4.79 Å². The van der Waals surface area contributed by atoms with Gasteiger partial charge in [0.05, 0.1) is 11.0 Å². The highest BCUT2D eigenvalue weighted by Crippen LogP contribution is 2.24. The lowest BCUT2D eigenvalue weighted by Crippen LogP contribution is -2.14. The van der Waals surface area contributed by atoms with Crippen LogP contribution >= 0.6 is 15.9 Å². The molecule has 0 spiro atoms. The van der Waals surface area contributed by atoms with Crippen molar-refractivity contribution in [2.24, 2.45) is 5.73 Å². The molecule has 0 saturated heterocycles. The minimum Gasteiger partial charge on any atom is -0.481 e. The Balaban J connectivity index is 2.87. The summed E-state index contributed by atoms with van der Waals surface area (Å²) in [5, 5.41) is 8.63. The SMILES string of the molecule is CC(C)n1cc(C(N)CC(=O)O)cc1Br. The summed E-state index contributed by atoms with van der Waals surface area (Å²) < 4.78 is 2.94. The second-order valence-corrected chi connectivity index (χ2v) is 4.61. The molecule has 1 rings (SSSR count). The van der Waals surface area contributed by atoms with E-state index in [-0.39, 0.29) is 6.42 Å². The van der Waals surface area contributed by atoms with E-state index in [0.717, 1.165) is 10.2 Å². The van der Waals surface area contributed by atoms with Gasteiger partial charge in [0.1, 0.15) is 0 Å². The zero-order valence-corrected chi connectivity index (χ0v) is 10.4. The van der Waals surface area contributed by atoms with E-state index < -0.39 is 12.0 Å². The monoisotopic (exact) mass is 274 g/mol. The van der Waals surface area contributed by atoms with Crippen LogP contribution in [0.1, 0.15) is 37.9 Å². The lowest BCUT2D eigenvalue weighted by atomic mass is 10.1. The fourth-order valence-corrected chi connectivity index (χ4v) is 2.15. The summed E-state index contributed by atoms with van der Waals surface area (Å²) >= 11 is 3.41. The van der Waals surface area contributed by atoms with Crippen LogP contribution in [0.25, 0.3) is 0 Å². The number of nitrogens with two attached hydrogens (primary N) is 1. The molecule has 1 unspecified atom stereocenters. The number of rotatable bonds is 4. The summed E-state index contributed by atoms with van der Waals surface area (Å²) in [6, 6.07) is 1.75. The summed E-state index contributed by atoms with van der Waals surface area (Å²) in [6.07, 6.45) is 1.84. The molecule has 1 atom stereocenters. The highest BCUT2D eigenvalue weighted by molar-refractivity contribution is 9.10. The molecule has 0 radical (unpaired) electrons. The third-order valence-electron chi connectivity index (χ3n) is 2.20. The first-order chi connectivity index (χ1) is 6.91. The van der Waals surface area contributed by atoms with Gasteiger partial charge in [0, 0.05) is 18.3 Å². The van der Waals surface area contributed by atoms with Gasteiger partial charge in [0.15, 0.2) is 0 Å². The van der Waals surface area contributed by atoms with Gasteiger partial charge >= 0.3 is 5.97 Å². The topological polar surface area (TPSA) is 68.2 Å². The quantitative estimate of drug-likeness (QED) is 0.885. The summed E-state index contributed by atoms with van der Waals surface area (Å²) in [7, 11) is 0.